The lowest BCUT2D eigenvalue weighted by Crippen LogP contribution is -1.96. The number of hydrogen-bond donors (Lipinski definition) is 2. The summed E-state index contributed by atoms with van der Waals surface area (Å²) in [5.41, 5.74) is 9.79. The van der Waals surface area contributed by atoms with Crippen LogP contribution in [0.3, 0.4) is 0 Å². The number of halogens is 1. The summed E-state index contributed by atoms with van der Waals surface area (Å²) >= 11 is 3.55. The van der Waals surface area contributed by atoms with Gasteiger partial charge in [0.15, 0.2) is 0 Å². The molecule has 0 saturated carbocycles. The zero-order valence-electron chi connectivity index (χ0n) is 11.0. The number of anilines is 3. The molecule has 3 N–H and O–H groups in total. The molecule has 0 bridgehead atoms. The maximum absolute atomic E-state index is 5.91. The summed E-state index contributed by atoms with van der Waals surface area (Å²) in [6, 6.07) is 12.1. The van der Waals surface area contributed by atoms with E-state index < -0.39 is 0 Å². The summed E-state index contributed by atoms with van der Waals surface area (Å²) in [4.78, 5) is 4.15. The first-order valence-electron chi connectivity index (χ1n) is 6.30. The van der Waals surface area contributed by atoms with E-state index in [2.05, 4.69) is 38.4 Å². The molecule has 1 aromatic heterocycles. The highest BCUT2D eigenvalue weighted by atomic mass is 79.9. The lowest BCUT2D eigenvalue weighted by Gasteiger charge is -2.13. The molecule has 3 nitrogen and oxygen atoms in total. The van der Waals surface area contributed by atoms with Gasteiger partial charge < -0.3 is 11.1 Å². The predicted molar refractivity (Wildman–Crippen MR) is 88.3 cm³/mol. The molecular weight excluding hydrogens is 314 g/mol. The average Bonchev–Trinajstić information content (AvgIpc) is 2.45. The van der Waals surface area contributed by atoms with Crippen molar-refractivity contribution >= 4 is 43.8 Å². The Bertz CT molecular complexity index is 779. The zero-order valence-corrected chi connectivity index (χ0v) is 12.6. The molecule has 100 valence electrons. The van der Waals surface area contributed by atoms with Crippen LogP contribution in [-0.4, -0.2) is 4.98 Å². The third kappa shape index (κ3) is 2.34. The summed E-state index contributed by atoms with van der Waals surface area (Å²) in [6.45, 7) is 2.00. The molecule has 0 fully saturated rings. The van der Waals surface area contributed by atoms with E-state index in [0.717, 1.165) is 37.9 Å². The van der Waals surface area contributed by atoms with Crippen LogP contribution < -0.4 is 11.1 Å². The highest BCUT2D eigenvalue weighted by Crippen LogP contribution is 2.32. The van der Waals surface area contributed by atoms with E-state index in [0.29, 0.717) is 0 Å². The molecule has 4 heteroatoms. The third-order valence-electron chi connectivity index (χ3n) is 3.31. The number of fused-ring (bicyclic) bond motifs is 1. The van der Waals surface area contributed by atoms with Crippen molar-refractivity contribution in [3.63, 3.8) is 0 Å². The van der Waals surface area contributed by atoms with E-state index in [1.54, 1.807) is 6.20 Å². The van der Waals surface area contributed by atoms with Crippen molar-refractivity contribution in [2.45, 2.75) is 6.92 Å². The van der Waals surface area contributed by atoms with Crippen molar-refractivity contribution in [3.05, 3.63) is 58.8 Å². The molecule has 3 aromatic rings. The van der Waals surface area contributed by atoms with Gasteiger partial charge in [-0.3, -0.25) is 4.98 Å². The molecule has 0 saturated heterocycles. The van der Waals surface area contributed by atoms with Crippen LogP contribution in [0.4, 0.5) is 17.1 Å². The Kier molecular flexibility index (Phi) is 3.32. The number of rotatable bonds is 2. The van der Waals surface area contributed by atoms with Gasteiger partial charge in [-0.1, -0.05) is 12.1 Å². The largest absolute Gasteiger partial charge is 0.398 e. The van der Waals surface area contributed by atoms with E-state index in [1.165, 1.54) is 0 Å². The van der Waals surface area contributed by atoms with Gasteiger partial charge in [0.25, 0.3) is 0 Å². The van der Waals surface area contributed by atoms with E-state index in [9.17, 15) is 0 Å². The number of nitrogen functional groups attached to an aromatic ring is 1. The average molecular weight is 328 g/mol. The van der Waals surface area contributed by atoms with Crippen LogP contribution in [0, 0.1) is 6.92 Å². The van der Waals surface area contributed by atoms with Crippen LogP contribution in [0.25, 0.3) is 10.8 Å². The van der Waals surface area contributed by atoms with Gasteiger partial charge in [0.1, 0.15) is 0 Å². The molecule has 0 spiro atoms. The molecular formula is C16H14BrN3. The predicted octanol–water partition coefficient (Wildman–Crippen LogP) is 4.63. The van der Waals surface area contributed by atoms with Crippen LogP contribution in [0.1, 0.15) is 5.56 Å². The van der Waals surface area contributed by atoms with E-state index in [-0.39, 0.29) is 0 Å². The molecule has 0 amide bonds. The number of hydrogen-bond acceptors (Lipinski definition) is 3. The maximum atomic E-state index is 5.91. The second-order valence-electron chi connectivity index (χ2n) is 4.72. The number of aromatic nitrogens is 1. The second-order valence-corrected chi connectivity index (χ2v) is 5.57. The van der Waals surface area contributed by atoms with Gasteiger partial charge in [-0.15, -0.1) is 0 Å². The van der Waals surface area contributed by atoms with E-state index in [4.69, 9.17) is 5.73 Å². The van der Waals surface area contributed by atoms with Gasteiger partial charge in [-0.2, -0.15) is 0 Å². The quantitative estimate of drug-likeness (QED) is 0.674. The van der Waals surface area contributed by atoms with Crippen LogP contribution >= 0.6 is 15.9 Å². The van der Waals surface area contributed by atoms with Crippen molar-refractivity contribution in [3.8, 4) is 0 Å². The van der Waals surface area contributed by atoms with Crippen molar-refractivity contribution in [1.82, 2.24) is 4.98 Å². The molecule has 0 aliphatic rings. The first kappa shape index (κ1) is 12.9. The van der Waals surface area contributed by atoms with Crippen molar-refractivity contribution in [1.29, 1.82) is 0 Å². The van der Waals surface area contributed by atoms with Crippen molar-refractivity contribution in [2.75, 3.05) is 11.1 Å². The van der Waals surface area contributed by atoms with Gasteiger partial charge in [-0.25, -0.2) is 0 Å². The minimum Gasteiger partial charge on any atom is -0.398 e. The van der Waals surface area contributed by atoms with Gasteiger partial charge in [0.2, 0.25) is 0 Å². The third-order valence-corrected chi connectivity index (χ3v) is 3.96. The summed E-state index contributed by atoms with van der Waals surface area (Å²) in [5.74, 6) is 0. The Labute approximate surface area is 126 Å². The fourth-order valence-corrected chi connectivity index (χ4v) is 2.63. The van der Waals surface area contributed by atoms with Gasteiger partial charge in [-0.05, 0) is 52.7 Å². The minimum absolute atomic E-state index is 0.782. The molecule has 0 radical (unpaired) electrons. The second kappa shape index (κ2) is 5.13. The molecule has 3 rings (SSSR count). The fraction of sp³-hybridized carbons (Fsp3) is 0.0625. The molecule has 0 unspecified atom stereocenters. The van der Waals surface area contributed by atoms with E-state index in [1.807, 2.05) is 37.4 Å². The van der Waals surface area contributed by atoms with Gasteiger partial charge in [0, 0.05) is 39.0 Å². The molecule has 20 heavy (non-hydrogen) atoms. The highest BCUT2D eigenvalue weighted by Gasteiger charge is 2.06. The first-order chi connectivity index (χ1) is 9.65. The van der Waals surface area contributed by atoms with Crippen LogP contribution in [0.15, 0.2) is 53.3 Å². The van der Waals surface area contributed by atoms with Gasteiger partial charge in [0.05, 0.1) is 5.69 Å². The highest BCUT2D eigenvalue weighted by molar-refractivity contribution is 9.10. The number of aryl methyl sites for hydroxylation is 1. The maximum Gasteiger partial charge on any atom is 0.0533 e. The summed E-state index contributed by atoms with van der Waals surface area (Å²) in [6.07, 6.45) is 3.67. The lowest BCUT2D eigenvalue weighted by molar-refractivity contribution is 1.36. The van der Waals surface area contributed by atoms with E-state index >= 15 is 0 Å². The molecule has 1 heterocycles. The SMILES string of the molecule is Cc1cc(Nc2cccc3cnccc23)c(Br)cc1N. The molecule has 2 aromatic carbocycles. The lowest BCUT2D eigenvalue weighted by atomic mass is 10.1. The number of nitrogens with two attached hydrogens (primary N) is 1. The standard InChI is InChI=1S/C16H14BrN3/c1-10-7-16(13(17)8-14(10)18)20-15-4-2-3-11-9-19-6-5-12(11)15/h2-9,20H,18H2,1H3. The van der Waals surface area contributed by atoms with Crippen molar-refractivity contribution in [2.24, 2.45) is 0 Å². The van der Waals surface area contributed by atoms with Crippen LogP contribution in [-0.2, 0) is 0 Å². The topological polar surface area (TPSA) is 50.9 Å². The number of pyridine rings is 1. The molecule has 0 aliphatic heterocycles. The number of benzene rings is 2. The van der Waals surface area contributed by atoms with Gasteiger partial charge >= 0.3 is 0 Å². The molecule has 0 atom stereocenters. The summed E-state index contributed by atoms with van der Waals surface area (Å²) in [7, 11) is 0. The Balaban J connectivity index is 2.08. The fourth-order valence-electron chi connectivity index (χ4n) is 2.17. The minimum atomic E-state index is 0.782. The Morgan fingerprint density at radius 3 is 2.85 bits per heavy atom. The van der Waals surface area contributed by atoms with Crippen LogP contribution in [0.2, 0.25) is 0 Å². The smallest absolute Gasteiger partial charge is 0.0533 e. The first-order valence-corrected chi connectivity index (χ1v) is 7.10. The number of nitrogens with zero attached hydrogens (tertiary/aromatic N) is 1. The number of nitrogens with one attached hydrogen (secondary N) is 1. The summed E-state index contributed by atoms with van der Waals surface area (Å²) in [5, 5.41) is 5.71. The van der Waals surface area contributed by atoms with Crippen LogP contribution in [0.5, 0.6) is 0 Å². The monoisotopic (exact) mass is 327 g/mol. The Hall–Kier alpha value is -2.07. The molecule has 0 aliphatic carbocycles. The van der Waals surface area contributed by atoms with Crippen molar-refractivity contribution < 1.29 is 0 Å². The summed E-state index contributed by atoms with van der Waals surface area (Å²) < 4.78 is 0.951. The zero-order chi connectivity index (χ0) is 14.1. The Morgan fingerprint density at radius 1 is 1.15 bits per heavy atom. The Morgan fingerprint density at radius 2 is 2.00 bits per heavy atom. The normalized spacial score (nSPS) is 10.7.